The van der Waals surface area contributed by atoms with Crippen molar-refractivity contribution in [2.75, 3.05) is 39.3 Å². The van der Waals surface area contributed by atoms with Crippen LogP contribution in [0.1, 0.15) is 24.0 Å². The van der Waals surface area contributed by atoms with Crippen molar-refractivity contribution in [1.82, 2.24) is 19.1 Å². The number of sulfonamides is 1. The third kappa shape index (κ3) is 5.14. The molecule has 166 valence electrons. The van der Waals surface area contributed by atoms with Gasteiger partial charge in [0.2, 0.25) is 15.9 Å². The van der Waals surface area contributed by atoms with Crippen molar-refractivity contribution in [2.24, 2.45) is 5.92 Å². The van der Waals surface area contributed by atoms with Gasteiger partial charge in [0.05, 0.1) is 4.90 Å². The Morgan fingerprint density at radius 2 is 1.68 bits per heavy atom. The molecule has 2 aliphatic heterocycles. The van der Waals surface area contributed by atoms with Crippen molar-refractivity contribution in [3.8, 4) is 0 Å². The lowest BCUT2D eigenvalue weighted by atomic mass is 9.96. The molecule has 2 aliphatic rings. The Hall–Kier alpha value is -2.29. The van der Waals surface area contributed by atoms with Crippen LogP contribution in [0.4, 0.5) is 0 Å². The van der Waals surface area contributed by atoms with Crippen LogP contribution in [0.5, 0.6) is 0 Å². The summed E-state index contributed by atoms with van der Waals surface area (Å²) in [6.45, 7) is 6.73. The van der Waals surface area contributed by atoms with Gasteiger partial charge in [0.15, 0.2) is 0 Å². The zero-order valence-corrected chi connectivity index (χ0v) is 18.8. The number of aromatic nitrogens is 1. The van der Waals surface area contributed by atoms with Gasteiger partial charge in [-0.1, -0.05) is 23.8 Å². The summed E-state index contributed by atoms with van der Waals surface area (Å²) in [4.78, 5) is 21.8. The second kappa shape index (κ2) is 9.46. The van der Waals surface area contributed by atoms with Crippen LogP contribution in [0.25, 0.3) is 0 Å². The second-order valence-corrected chi connectivity index (χ2v) is 10.4. The molecule has 31 heavy (non-hydrogen) atoms. The molecule has 0 N–H and O–H groups in total. The topological polar surface area (TPSA) is 73.8 Å². The molecule has 2 saturated heterocycles. The largest absolute Gasteiger partial charge is 0.340 e. The van der Waals surface area contributed by atoms with Gasteiger partial charge < -0.3 is 4.90 Å². The van der Waals surface area contributed by atoms with Crippen LogP contribution in [0.15, 0.2) is 53.7 Å². The number of piperazine rings is 1. The molecule has 1 aromatic carbocycles. The van der Waals surface area contributed by atoms with Gasteiger partial charge >= 0.3 is 0 Å². The summed E-state index contributed by atoms with van der Waals surface area (Å²) in [5, 5.41) is 0. The molecule has 4 rings (SSSR count). The van der Waals surface area contributed by atoms with Crippen LogP contribution in [0, 0.1) is 12.8 Å². The first-order valence-electron chi connectivity index (χ1n) is 10.9. The van der Waals surface area contributed by atoms with Crippen molar-refractivity contribution < 1.29 is 13.2 Å². The Morgan fingerprint density at radius 1 is 1.00 bits per heavy atom. The van der Waals surface area contributed by atoms with Crippen molar-refractivity contribution >= 4 is 15.9 Å². The summed E-state index contributed by atoms with van der Waals surface area (Å²) in [6.07, 6.45) is 4.83. The van der Waals surface area contributed by atoms with E-state index in [-0.39, 0.29) is 11.8 Å². The quantitative estimate of drug-likeness (QED) is 0.709. The third-order valence-corrected chi connectivity index (χ3v) is 8.19. The standard InChI is InChI=1S/C23H30N4O3S/c1-19-4-6-22(7-5-19)31(29,30)27-11-8-21(9-12-27)23(28)26-15-13-25(14-16-26)18-20-3-2-10-24-17-20/h2-7,10,17,21H,8-9,11-16,18H2,1H3. The lowest BCUT2D eigenvalue weighted by Gasteiger charge is -2.38. The van der Waals surface area contributed by atoms with E-state index in [1.165, 1.54) is 9.87 Å². The third-order valence-electron chi connectivity index (χ3n) is 6.27. The maximum absolute atomic E-state index is 13.0. The molecule has 2 fully saturated rings. The molecule has 1 aromatic heterocycles. The summed E-state index contributed by atoms with van der Waals surface area (Å²) < 4.78 is 27.3. The molecule has 0 atom stereocenters. The van der Waals surface area contributed by atoms with E-state index in [4.69, 9.17) is 0 Å². The maximum atomic E-state index is 13.0. The van der Waals surface area contributed by atoms with Gasteiger partial charge in [-0.05, 0) is 43.5 Å². The molecule has 2 aromatic rings. The molecule has 0 radical (unpaired) electrons. The highest BCUT2D eigenvalue weighted by atomic mass is 32.2. The van der Waals surface area contributed by atoms with Crippen molar-refractivity contribution in [2.45, 2.75) is 31.2 Å². The summed E-state index contributed by atoms with van der Waals surface area (Å²) >= 11 is 0. The number of hydrogen-bond acceptors (Lipinski definition) is 5. The maximum Gasteiger partial charge on any atom is 0.243 e. The van der Waals surface area contributed by atoms with Crippen LogP contribution in [-0.4, -0.2) is 72.7 Å². The minimum absolute atomic E-state index is 0.0886. The van der Waals surface area contributed by atoms with E-state index in [1.54, 1.807) is 18.3 Å². The van der Waals surface area contributed by atoms with Gasteiger partial charge in [-0.15, -0.1) is 0 Å². The normalized spacial score (nSPS) is 19.5. The smallest absolute Gasteiger partial charge is 0.243 e. The first-order valence-corrected chi connectivity index (χ1v) is 12.3. The number of amides is 1. The number of piperidine rings is 1. The lowest BCUT2D eigenvalue weighted by Crippen LogP contribution is -2.51. The molecule has 8 heteroatoms. The van der Waals surface area contributed by atoms with E-state index < -0.39 is 10.0 Å². The van der Waals surface area contributed by atoms with Crippen LogP contribution in [-0.2, 0) is 21.4 Å². The van der Waals surface area contributed by atoms with E-state index in [1.807, 2.05) is 36.2 Å². The minimum atomic E-state index is -3.49. The number of carbonyl (C=O) groups is 1. The van der Waals surface area contributed by atoms with Gasteiger partial charge in [0, 0.05) is 64.1 Å². The van der Waals surface area contributed by atoms with E-state index in [9.17, 15) is 13.2 Å². The molecule has 0 saturated carbocycles. The van der Waals surface area contributed by atoms with Gasteiger partial charge in [-0.2, -0.15) is 4.31 Å². The van der Waals surface area contributed by atoms with Gasteiger partial charge in [0.25, 0.3) is 0 Å². The summed E-state index contributed by atoms with van der Waals surface area (Å²) in [6, 6.07) is 11.0. The number of carbonyl (C=O) groups excluding carboxylic acids is 1. The highest BCUT2D eigenvalue weighted by molar-refractivity contribution is 7.89. The molecule has 7 nitrogen and oxygen atoms in total. The molecule has 0 spiro atoms. The van der Waals surface area contributed by atoms with Crippen LogP contribution >= 0.6 is 0 Å². The molecular weight excluding hydrogens is 412 g/mol. The van der Waals surface area contributed by atoms with Gasteiger partial charge in [0.1, 0.15) is 0 Å². The van der Waals surface area contributed by atoms with Crippen LogP contribution < -0.4 is 0 Å². The molecule has 0 bridgehead atoms. The fourth-order valence-corrected chi connectivity index (χ4v) is 5.81. The average Bonchev–Trinajstić information content (AvgIpc) is 2.80. The predicted octanol–water partition coefficient (Wildman–Crippen LogP) is 2.14. The SMILES string of the molecule is Cc1ccc(S(=O)(=O)N2CCC(C(=O)N3CCN(Cc4cccnc4)CC3)CC2)cc1. The lowest BCUT2D eigenvalue weighted by molar-refractivity contribution is -0.138. The van der Waals surface area contributed by atoms with Crippen molar-refractivity contribution in [3.63, 3.8) is 0 Å². The minimum Gasteiger partial charge on any atom is -0.340 e. The number of rotatable bonds is 5. The second-order valence-electron chi connectivity index (χ2n) is 8.45. The number of pyridine rings is 1. The fourth-order valence-electron chi connectivity index (χ4n) is 4.34. The predicted molar refractivity (Wildman–Crippen MR) is 119 cm³/mol. The zero-order valence-electron chi connectivity index (χ0n) is 18.0. The summed E-state index contributed by atoms with van der Waals surface area (Å²) in [5.74, 6) is 0.0859. The number of hydrogen-bond donors (Lipinski definition) is 0. The van der Waals surface area contributed by atoms with E-state index in [2.05, 4.69) is 16.0 Å². The first-order chi connectivity index (χ1) is 14.9. The molecule has 1 amide bonds. The van der Waals surface area contributed by atoms with Crippen molar-refractivity contribution in [3.05, 3.63) is 59.9 Å². The summed E-state index contributed by atoms with van der Waals surface area (Å²) in [5.41, 5.74) is 2.22. The van der Waals surface area contributed by atoms with E-state index >= 15 is 0 Å². The first kappa shape index (κ1) is 21.9. The summed E-state index contributed by atoms with van der Waals surface area (Å²) in [7, 11) is -3.49. The van der Waals surface area contributed by atoms with Crippen molar-refractivity contribution in [1.29, 1.82) is 0 Å². The monoisotopic (exact) mass is 442 g/mol. The Kier molecular flexibility index (Phi) is 6.69. The van der Waals surface area contributed by atoms with Gasteiger partial charge in [-0.3, -0.25) is 14.7 Å². The highest BCUT2D eigenvalue weighted by Gasteiger charge is 2.34. The molecule has 3 heterocycles. The number of aryl methyl sites for hydroxylation is 1. The zero-order chi connectivity index (χ0) is 21.8. The van der Waals surface area contributed by atoms with E-state index in [0.717, 1.165) is 38.3 Å². The van der Waals surface area contributed by atoms with Crippen LogP contribution in [0.3, 0.4) is 0 Å². The van der Waals surface area contributed by atoms with E-state index in [0.29, 0.717) is 30.8 Å². The highest BCUT2D eigenvalue weighted by Crippen LogP contribution is 2.26. The molecule has 0 aliphatic carbocycles. The number of nitrogens with zero attached hydrogens (tertiary/aromatic N) is 4. The molecular formula is C23H30N4O3S. The average molecular weight is 443 g/mol. The Morgan fingerprint density at radius 3 is 2.29 bits per heavy atom. The fraction of sp³-hybridized carbons (Fsp3) is 0.478. The Balaban J connectivity index is 1.27. The number of benzene rings is 1. The van der Waals surface area contributed by atoms with Crippen LogP contribution in [0.2, 0.25) is 0 Å². The van der Waals surface area contributed by atoms with Gasteiger partial charge in [-0.25, -0.2) is 8.42 Å². The Bertz CT molecular complexity index is 979. The molecule has 0 unspecified atom stereocenters. The Labute approximate surface area is 184 Å².